The number of aliphatic carboxylic acids is 1. The number of carboxylic acid groups (broad SMARTS) is 1. The normalized spacial score (nSPS) is 11.2. The van der Waals surface area contributed by atoms with Gasteiger partial charge >= 0.3 is 5.97 Å². The summed E-state index contributed by atoms with van der Waals surface area (Å²) in [5.41, 5.74) is 5.52. The smallest absolute Gasteiger partial charge is 0.326 e. The number of carbonyl (C=O) groups excluding carboxylic acids is 2. The number of amides is 2. The summed E-state index contributed by atoms with van der Waals surface area (Å²) in [6, 6.07) is 3.18. The Morgan fingerprint density at radius 3 is 2.60 bits per heavy atom. The number of carbonyl (C=O) groups is 3. The molecule has 20 heavy (non-hydrogen) atoms. The summed E-state index contributed by atoms with van der Waals surface area (Å²) in [5.74, 6) is -2.98. The molecule has 1 unspecified atom stereocenters. The highest BCUT2D eigenvalue weighted by Gasteiger charge is 2.23. The van der Waals surface area contributed by atoms with Crippen LogP contribution in [0.4, 0.5) is 0 Å². The molecule has 1 heterocycles. The van der Waals surface area contributed by atoms with Crippen molar-refractivity contribution in [1.82, 2.24) is 10.3 Å². The maximum atomic E-state index is 11.8. The van der Waals surface area contributed by atoms with Gasteiger partial charge in [-0.25, -0.2) is 9.78 Å². The largest absolute Gasteiger partial charge is 0.480 e. The van der Waals surface area contributed by atoms with E-state index in [9.17, 15) is 14.4 Å². The number of nitrogens with zero attached hydrogens (tertiary/aromatic N) is 2. The maximum absolute atomic E-state index is 11.8. The number of nitrogens with one attached hydrogen (secondary N) is 1. The minimum absolute atomic E-state index is 0.0442. The highest BCUT2D eigenvalue weighted by molar-refractivity contribution is 5.96. The van der Waals surface area contributed by atoms with Gasteiger partial charge in [0.2, 0.25) is 5.91 Å². The van der Waals surface area contributed by atoms with Gasteiger partial charge in [-0.1, -0.05) is 0 Å². The zero-order valence-corrected chi connectivity index (χ0v) is 10.6. The lowest BCUT2D eigenvalue weighted by molar-refractivity contribution is -0.140. The van der Waals surface area contributed by atoms with Gasteiger partial charge in [0.1, 0.15) is 17.8 Å². The molecule has 1 atom stereocenters. The van der Waals surface area contributed by atoms with Crippen molar-refractivity contribution in [2.75, 3.05) is 0 Å². The van der Waals surface area contributed by atoms with Crippen LogP contribution < -0.4 is 11.1 Å². The van der Waals surface area contributed by atoms with Crippen LogP contribution in [-0.2, 0) is 9.59 Å². The van der Waals surface area contributed by atoms with E-state index in [1.165, 1.54) is 12.1 Å². The highest BCUT2D eigenvalue weighted by atomic mass is 16.4. The second-order valence-corrected chi connectivity index (χ2v) is 3.98. The van der Waals surface area contributed by atoms with Crippen LogP contribution in [0.2, 0.25) is 0 Å². The van der Waals surface area contributed by atoms with E-state index >= 15 is 0 Å². The first-order chi connectivity index (χ1) is 9.35. The average molecular weight is 276 g/mol. The lowest BCUT2D eigenvalue weighted by Crippen LogP contribution is -2.43. The van der Waals surface area contributed by atoms with Gasteiger partial charge in [-0.2, -0.15) is 5.26 Å². The molecule has 0 radical (unpaired) electrons. The quantitative estimate of drug-likeness (QED) is 0.649. The Labute approximate surface area is 114 Å². The zero-order chi connectivity index (χ0) is 15.3. The molecule has 0 fully saturated rings. The van der Waals surface area contributed by atoms with Crippen LogP contribution in [0, 0.1) is 18.3 Å². The topological polar surface area (TPSA) is 146 Å². The van der Waals surface area contributed by atoms with E-state index in [1.807, 2.05) is 6.07 Å². The Morgan fingerprint density at radius 2 is 2.15 bits per heavy atom. The van der Waals surface area contributed by atoms with Crippen LogP contribution in [0.15, 0.2) is 12.1 Å². The minimum Gasteiger partial charge on any atom is -0.480 e. The second kappa shape index (κ2) is 6.29. The number of aromatic nitrogens is 1. The van der Waals surface area contributed by atoms with E-state index in [-0.39, 0.29) is 5.69 Å². The molecule has 1 aromatic rings. The van der Waals surface area contributed by atoms with Crippen LogP contribution in [0.25, 0.3) is 0 Å². The molecular formula is C12H12N4O4. The Hall–Kier alpha value is -2.95. The van der Waals surface area contributed by atoms with Crippen molar-refractivity contribution < 1.29 is 19.5 Å². The second-order valence-electron chi connectivity index (χ2n) is 3.98. The molecule has 0 aromatic carbocycles. The van der Waals surface area contributed by atoms with Crippen molar-refractivity contribution in [2.24, 2.45) is 5.73 Å². The van der Waals surface area contributed by atoms with E-state index in [2.05, 4.69) is 10.3 Å². The molecule has 0 aliphatic rings. The predicted molar refractivity (Wildman–Crippen MR) is 66.4 cm³/mol. The van der Waals surface area contributed by atoms with Crippen LogP contribution in [0.1, 0.15) is 28.2 Å². The summed E-state index contributed by atoms with van der Waals surface area (Å²) in [7, 11) is 0. The summed E-state index contributed by atoms with van der Waals surface area (Å²) >= 11 is 0. The fraction of sp³-hybridized carbons (Fsp3) is 0.250. The van der Waals surface area contributed by atoms with Gasteiger partial charge in [0, 0.05) is 0 Å². The van der Waals surface area contributed by atoms with Crippen molar-refractivity contribution in [2.45, 2.75) is 19.4 Å². The molecule has 8 nitrogen and oxygen atoms in total. The third-order valence-corrected chi connectivity index (χ3v) is 2.45. The third-order valence-electron chi connectivity index (χ3n) is 2.45. The van der Waals surface area contributed by atoms with E-state index in [1.54, 1.807) is 6.92 Å². The van der Waals surface area contributed by atoms with Gasteiger partial charge in [0.25, 0.3) is 5.91 Å². The summed E-state index contributed by atoms with van der Waals surface area (Å²) in [6.07, 6.45) is -0.518. The number of carboxylic acids is 1. The van der Waals surface area contributed by atoms with E-state index in [0.29, 0.717) is 11.3 Å². The number of pyridine rings is 1. The van der Waals surface area contributed by atoms with Crippen LogP contribution >= 0.6 is 0 Å². The van der Waals surface area contributed by atoms with Crippen molar-refractivity contribution in [3.63, 3.8) is 0 Å². The van der Waals surface area contributed by atoms with Gasteiger partial charge in [0.05, 0.1) is 17.7 Å². The average Bonchev–Trinajstić information content (AvgIpc) is 2.37. The summed E-state index contributed by atoms with van der Waals surface area (Å²) in [4.78, 5) is 37.3. The molecule has 8 heteroatoms. The number of hydrogen-bond acceptors (Lipinski definition) is 5. The molecule has 0 aliphatic carbocycles. The Kier molecular flexibility index (Phi) is 4.75. The van der Waals surface area contributed by atoms with E-state index < -0.39 is 30.2 Å². The monoisotopic (exact) mass is 276 g/mol. The maximum Gasteiger partial charge on any atom is 0.326 e. The van der Waals surface area contributed by atoms with Gasteiger partial charge in [-0.15, -0.1) is 0 Å². The van der Waals surface area contributed by atoms with Crippen molar-refractivity contribution in [3.05, 3.63) is 29.1 Å². The molecule has 1 rings (SSSR count). The standard InChI is InChI=1S/C12H12N4O4/c1-6-7(5-13)2-3-8(15-6)11(18)16-9(12(19)20)4-10(14)17/h2-3,9H,4H2,1H3,(H2,14,17)(H,16,18)(H,19,20). The molecule has 0 spiro atoms. The molecule has 0 saturated heterocycles. The molecular weight excluding hydrogens is 264 g/mol. The van der Waals surface area contributed by atoms with Gasteiger partial charge in [0.15, 0.2) is 0 Å². The van der Waals surface area contributed by atoms with Crippen LogP contribution in [0.3, 0.4) is 0 Å². The molecule has 4 N–H and O–H groups in total. The number of primary amides is 1. The molecule has 104 valence electrons. The first-order valence-corrected chi connectivity index (χ1v) is 5.55. The summed E-state index contributed by atoms with van der Waals surface area (Å²) in [5, 5.41) is 19.8. The number of nitriles is 1. The van der Waals surface area contributed by atoms with Crippen LogP contribution in [-0.4, -0.2) is 33.9 Å². The number of aryl methyl sites for hydroxylation is 1. The fourth-order valence-electron chi connectivity index (χ4n) is 1.44. The van der Waals surface area contributed by atoms with Crippen molar-refractivity contribution >= 4 is 17.8 Å². The number of rotatable bonds is 5. The van der Waals surface area contributed by atoms with E-state index in [0.717, 1.165) is 0 Å². The lowest BCUT2D eigenvalue weighted by Gasteiger charge is -2.12. The molecule has 0 aliphatic heterocycles. The minimum atomic E-state index is -1.42. The van der Waals surface area contributed by atoms with Crippen molar-refractivity contribution in [1.29, 1.82) is 5.26 Å². The molecule has 1 aromatic heterocycles. The van der Waals surface area contributed by atoms with Gasteiger partial charge < -0.3 is 16.2 Å². The molecule has 2 amide bonds. The van der Waals surface area contributed by atoms with E-state index in [4.69, 9.17) is 16.1 Å². The summed E-state index contributed by atoms with van der Waals surface area (Å²) in [6.45, 7) is 1.55. The first-order valence-electron chi connectivity index (χ1n) is 5.55. The Morgan fingerprint density at radius 1 is 1.50 bits per heavy atom. The SMILES string of the molecule is Cc1nc(C(=O)NC(CC(N)=O)C(=O)O)ccc1C#N. The molecule has 0 bridgehead atoms. The summed E-state index contributed by atoms with van der Waals surface area (Å²) < 4.78 is 0. The zero-order valence-electron chi connectivity index (χ0n) is 10.6. The third kappa shape index (κ3) is 3.78. The van der Waals surface area contributed by atoms with Gasteiger partial charge in [-0.05, 0) is 19.1 Å². The Balaban J connectivity index is 2.89. The fourth-order valence-corrected chi connectivity index (χ4v) is 1.44. The lowest BCUT2D eigenvalue weighted by atomic mass is 10.1. The number of hydrogen-bond donors (Lipinski definition) is 3. The Bertz CT molecular complexity index is 606. The van der Waals surface area contributed by atoms with Crippen molar-refractivity contribution in [3.8, 4) is 6.07 Å². The van der Waals surface area contributed by atoms with Gasteiger partial charge in [-0.3, -0.25) is 9.59 Å². The first kappa shape index (κ1) is 15.1. The number of nitrogens with two attached hydrogens (primary N) is 1. The van der Waals surface area contributed by atoms with Crippen LogP contribution in [0.5, 0.6) is 0 Å². The highest BCUT2D eigenvalue weighted by Crippen LogP contribution is 2.06. The predicted octanol–water partition coefficient (Wildman–Crippen LogP) is -0.680. The molecule has 0 saturated carbocycles.